The van der Waals surface area contributed by atoms with Gasteiger partial charge in [0.2, 0.25) is 11.8 Å². The van der Waals surface area contributed by atoms with Gasteiger partial charge >= 0.3 is 5.97 Å². The molecule has 1 aliphatic heterocycles. The molecule has 1 fully saturated rings. The molecule has 6 heteroatoms. The molecule has 1 aliphatic rings. The zero-order valence-corrected chi connectivity index (χ0v) is 16.1. The predicted octanol–water partition coefficient (Wildman–Crippen LogP) is 4.08. The molecule has 0 spiro atoms. The maximum absolute atomic E-state index is 12.5. The van der Waals surface area contributed by atoms with Gasteiger partial charge in [0.1, 0.15) is 6.10 Å². The number of piperidine rings is 1. The van der Waals surface area contributed by atoms with Gasteiger partial charge in [-0.05, 0) is 61.7 Å². The summed E-state index contributed by atoms with van der Waals surface area (Å²) < 4.78 is 5.56. The number of carbonyl (C=O) groups is 3. The van der Waals surface area contributed by atoms with Crippen molar-refractivity contribution in [2.75, 3.05) is 16.8 Å². The largest absolute Gasteiger partial charge is 0.454 e. The molecule has 0 saturated carbocycles. The van der Waals surface area contributed by atoms with Crippen molar-refractivity contribution in [3.8, 4) is 0 Å². The molecule has 0 radical (unpaired) electrons. The summed E-state index contributed by atoms with van der Waals surface area (Å²) in [6, 6.07) is 14.1. The number of benzene rings is 2. The summed E-state index contributed by atoms with van der Waals surface area (Å²) in [7, 11) is 0. The molecule has 146 valence electrons. The highest BCUT2D eigenvalue weighted by Crippen LogP contribution is 2.24. The van der Waals surface area contributed by atoms with Crippen LogP contribution in [0.3, 0.4) is 0 Å². The van der Waals surface area contributed by atoms with E-state index >= 15 is 0 Å². The Hall–Kier alpha value is -3.15. The van der Waals surface area contributed by atoms with E-state index in [1.807, 2.05) is 6.07 Å². The smallest absolute Gasteiger partial charge is 0.338 e. The van der Waals surface area contributed by atoms with Crippen LogP contribution in [0.4, 0.5) is 11.4 Å². The van der Waals surface area contributed by atoms with Crippen LogP contribution in [-0.4, -0.2) is 24.3 Å². The molecule has 0 aromatic heterocycles. The Morgan fingerprint density at radius 1 is 1.11 bits per heavy atom. The molecule has 2 aromatic rings. The third-order valence-corrected chi connectivity index (χ3v) is 4.70. The fraction of sp³-hybridized carbons (Fsp3) is 0.318. The molecule has 1 saturated heterocycles. The lowest BCUT2D eigenvalue weighted by Gasteiger charge is -2.26. The normalized spacial score (nSPS) is 15.1. The van der Waals surface area contributed by atoms with Gasteiger partial charge in [-0.1, -0.05) is 12.1 Å². The second-order valence-electron chi connectivity index (χ2n) is 6.90. The molecule has 28 heavy (non-hydrogen) atoms. The standard InChI is InChI=1S/C22H24N2O4/c1-15(18-6-5-7-19(14-18)23-16(2)25)28-22(27)17-9-11-20(12-10-17)24-13-4-3-8-21(24)26/h5-7,9-12,14-15H,3-4,8,13H2,1-2H3,(H,23,25). The maximum Gasteiger partial charge on any atom is 0.338 e. The summed E-state index contributed by atoms with van der Waals surface area (Å²) in [4.78, 5) is 37.4. The Morgan fingerprint density at radius 2 is 1.86 bits per heavy atom. The van der Waals surface area contributed by atoms with E-state index in [9.17, 15) is 14.4 Å². The Bertz CT molecular complexity index is 876. The molecule has 0 bridgehead atoms. The highest BCUT2D eigenvalue weighted by Gasteiger charge is 2.20. The van der Waals surface area contributed by atoms with E-state index in [1.165, 1.54) is 6.92 Å². The minimum absolute atomic E-state index is 0.120. The quantitative estimate of drug-likeness (QED) is 0.793. The summed E-state index contributed by atoms with van der Waals surface area (Å²) in [5.41, 5.74) is 2.67. The molecule has 2 aromatic carbocycles. The number of nitrogens with zero attached hydrogens (tertiary/aromatic N) is 1. The molecule has 1 unspecified atom stereocenters. The van der Waals surface area contributed by atoms with Crippen molar-refractivity contribution in [3.05, 3.63) is 59.7 Å². The average Bonchev–Trinajstić information content (AvgIpc) is 2.68. The number of nitrogens with one attached hydrogen (secondary N) is 1. The van der Waals surface area contributed by atoms with Gasteiger partial charge in [-0.3, -0.25) is 9.59 Å². The van der Waals surface area contributed by atoms with Gasteiger partial charge in [0.05, 0.1) is 5.56 Å². The topological polar surface area (TPSA) is 75.7 Å². The molecule has 3 rings (SSSR count). The number of amides is 2. The van der Waals surface area contributed by atoms with Crippen LogP contribution in [0.25, 0.3) is 0 Å². The molecule has 1 N–H and O–H groups in total. The van der Waals surface area contributed by atoms with E-state index in [1.54, 1.807) is 54.3 Å². The van der Waals surface area contributed by atoms with Crippen LogP contribution < -0.4 is 10.2 Å². The van der Waals surface area contributed by atoms with Gasteiger partial charge in [0, 0.05) is 31.3 Å². The van der Waals surface area contributed by atoms with Crippen LogP contribution in [0.2, 0.25) is 0 Å². The minimum Gasteiger partial charge on any atom is -0.454 e. The van der Waals surface area contributed by atoms with Crippen LogP contribution >= 0.6 is 0 Å². The molecular formula is C22H24N2O4. The molecule has 1 heterocycles. The monoisotopic (exact) mass is 380 g/mol. The summed E-state index contributed by atoms with van der Waals surface area (Å²) in [6.45, 7) is 3.94. The average molecular weight is 380 g/mol. The van der Waals surface area contributed by atoms with E-state index in [0.29, 0.717) is 24.2 Å². The molecular weight excluding hydrogens is 356 g/mol. The van der Waals surface area contributed by atoms with Gasteiger partial charge in [-0.2, -0.15) is 0 Å². The van der Waals surface area contributed by atoms with E-state index in [2.05, 4.69) is 5.32 Å². The van der Waals surface area contributed by atoms with Crippen molar-refractivity contribution < 1.29 is 19.1 Å². The number of ether oxygens (including phenoxy) is 1. The minimum atomic E-state index is -0.468. The van der Waals surface area contributed by atoms with Gasteiger partial charge in [0.15, 0.2) is 0 Å². The number of carbonyl (C=O) groups excluding carboxylic acids is 3. The summed E-state index contributed by atoms with van der Waals surface area (Å²) >= 11 is 0. The lowest BCUT2D eigenvalue weighted by molar-refractivity contribution is -0.119. The maximum atomic E-state index is 12.5. The van der Waals surface area contributed by atoms with E-state index in [0.717, 1.165) is 24.1 Å². The van der Waals surface area contributed by atoms with E-state index in [4.69, 9.17) is 4.74 Å². The number of hydrogen-bond acceptors (Lipinski definition) is 4. The van der Waals surface area contributed by atoms with Crippen molar-refractivity contribution in [1.29, 1.82) is 0 Å². The van der Waals surface area contributed by atoms with Crippen molar-refractivity contribution in [3.63, 3.8) is 0 Å². The molecule has 0 aliphatic carbocycles. The van der Waals surface area contributed by atoms with Crippen LogP contribution in [0.5, 0.6) is 0 Å². The first kappa shape index (κ1) is 19.6. The Balaban J connectivity index is 1.65. The van der Waals surface area contributed by atoms with Crippen molar-refractivity contribution >= 4 is 29.2 Å². The van der Waals surface area contributed by atoms with Crippen LogP contribution in [-0.2, 0) is 14.3 Å². The zero-order valence-electron chi connectivity index (χ0n) is 16.1. The fourth-order valence-corrected chi connectivity index (χ4v) is 3.23. The first-order valence-corrected chi connectivity index (χ1v) is 9.43. The van der Waals surface area contributed by atoms with Crippen molar-refractivity contribution in [2.45, 2.75) is 39.2 Å². The van der Waals surface area contributed by atoms with E-state index < -0.39 is 12.1 Å². The van der Waals surface area contributed by atoms with Crippen LogP contribution in [0, 0.1) is 0 Å². The fourth-order valence-electron chi connectivity index (χ4n) is 3.23. The third-order valence-electron chi connectivity index (χ3n) is 4.70. The zero-order chi connectivity index (χ0) is 20.1. The second-order valence-corrected chi connectivity index (χ2v) is 6.90. The SMILES string of the molecule is CC(=O)Nc1cccc(C(C)OC(=O)c2ccc(N3CCCCC3=O)cc2)c1. The summed E-state index contributed by atoms with van der Waals surface area (Å²) in [5, 5.41) is 2.71. The first-order valence-electron chi connectivity index (χ1n) is 9.43. The van der Waals surface area contributed by atoms with E-state index in [-0.39, 0.29) is 11.8 Å². The number of anilines is 2. The van der Waals surface area contributed by atoms with Crippen molar-refractivity contribution in [2.24, 2.45) is 0 Å². The summed E-state index contributed by atoms with van der Waals surface area (Å²) in [6.07, 6.45) is 2.02. The predicted molar refractivity (Wildman–Crippen MR) is 107 cm³/mol. The molecule has 1 atom stereocenters. The Labute approximate surface area is 164 Å². The van der Waals surface area contributed by atoms with Gasteiger partial charge in [-0.15, -0.1) is 0 Å². The summed E-state index contributed by atoms with van der Waals surface area (Å²) in [5.74, 6) is -0.475. The lowest BCUT2D eigenvalue weighted by atomic mass is 10.1. The van der Waals surface area contributed by atoms with Gasteiger partial charge in [-0.25, -0.2) is 4.79 Å². The number of esters is 1. The van der Waals surface area contributed by atoms with Gasteiger partial charge in [0.25, 0.3) is 0 Å². The van der Waals surface area contributed by atoms with Gasteiger partial charge < -0.3 is 15.0 Å². The van der Waals surface area contributed by atoms with Crippen molar-refractivity contribution in [1.82, 2.24) is 0 Å². The molecule has 6 nitrogen and oxygen atoms in total. The number of rotatable bonds is 5. The van der Waals surface area contributed by atoms with Crippen LogP contribution in [0.15, 0.2) is 48.5 Å². The highest BCUT2D eigenvalue weighted by molar-refractivity contribution is 5.95. The highest BCUT2D eigenvalue weighted by atomic mass is 16.5. The first-order chi connectivity index (χ1) is 13.4. The Morgan fingerprint density at radius 3 is 2.54 bits per heavy atom. The second kappa shape index (κ2) is 8.69. The molecule has 2 amide bonds. The third kappa shape index (κ3) is 4.76. The number of hydrogen-bond donors (Lipinski definition) is 1. The lowest BCUT2D eigenvalue weighted by Crippen LogP contribution is -2.35. The van der Waals surface area contributed by atoms with Crippen LogP contribution in [0.1, 0.15) is 55.1 Å². The Kier molecular flexibility index (Phi) is 6.09.